The maximum atomic E-state index is 11.8. The van der Waals surface area contributed by atoms with E-state index in [1.54, 1.807) is 6.07 Å². The van der Waals surface area contributed by atoms with Crippen LogP contribution < -0.4 is 0 Å². The molecule has 4 heteroatoms. The molecule has 1 aromatic carbocycles. The minimum absolute atomic E-state index is 0.454. The zero-order chi connectivity index (χ0) is 15.0. The SMILES string of the molecule is O=CC1(c2cc3c(cc2Cl)C(C(=O)O)CC3)CCCCC1. The first-order valence-corrected chi connectivity index (χ1v) is 7.97. The number of halogens is 1. The van der Waals surface area contributed by atoms with Crippen LogP contribution in [0.3, 0.4) is 0 Å². The number of fused-ring (bicyclic) bond motifs is 1. The van der Waals surface area contributed by atoms with Gasteiger partial charge in [0.2, 0.25) is 0 Å². The summed E-state index contributed by atoms with van der Waals surface area (Å²) in [7, 11) is 0. The Balaban J connectivity index is 2.05. The molecule has 1 atom stereocenters. The minimum atomic E-state index is -0.791. The van der Waals surface area contributed by atoms with Crippen molar-refractivity contribution < 1.29 is 14.7 Å². The van der Waals surface area contributed by atoms with E-state index in [1.807, 2.05) is 6.07 Å². The van der Waals surface area contributed by atoms with Gasteiger partial charge in [0, 0.05) is 5.02 Å². The van der Waals surface area contributed by atoms with Crippen molar-refractivity contribution in [3.63, 3.8) is 0 Å². The van der Waals surface area contributed by atoms with Gasteiger partial charge in [0.15, 0.2) is 0 Å². The van der Waals surface area contributed by atoms with Crippen molar-refractivity contribution in [1.82, 2.24) is 0 Å². The van der Waals surface area contributed by atoms with E-state index in [4.69, 9.17) is 11.6 Å². The molecular weight excluding hydrogens is 288 g/mol. The van der Waals surface area contributed by atoms with Crippen LogP contribution in [0.4, 0.5) is 0 Å². The lowest BCUT2D eigenvalue weighted by Crippen LogP contribution is -2.31. The fraction of sp³-hybridized carbons (Fsp3) is 0.529. The number of carbonyl (C=O) groups is 2. The standard InChI is InChI=1S/C17H19ClO3/c18-15-9-13-11(4-5-12(13)16(20)21)8-14(15)17(10-19)6-2-1-3-7-17/h8-10,12H,1-7H2,(H,20,21). The van der Waals surface area contributed by atoms with Crippen LogP contribution in [0, 0.1) is 0 Å². The van der Waals surface area contributed by atoms with Crippen LogP contribution in [0.5, 0.6) is 0 Å². The second-order valence-electron chi connectivity index (χ2n) is 6.30. The Hall–Kier alpha value is -1.35. The van der Waals surface area contributed by atoms with Gasteiger partial charge in [-0.05, 0) is 48.4 Å². The van der Waals surface area contributed by atoms with Crippen LogP contribution in [0.15, 0.2) is 12.1 Å². The molecule has 0 bridgehead atoms. The smallest absolute Gasteiger partial charge is 0.310 e. The van der Waals surface area contributed by atoms with Gasteiger partial charge in [0.25, 0.3) is 0 Å². The summed E-state index contributed by atoms with van der Waals surface area (Å²) in [6, 6.07) is 3.79. The zero-order valence-corrected chi connectivity index (χ0v) is 12.7. The Labute approximate surface area is 129 Å². The summed E-state index contributed by atoms with van der Waals surface area (Å²) >= 11 is 6.43. The quantitative estimate of drug-likeness (QED) is 0.863. The fourth-order valence-electron chi connectivity index (χ4n) is 3.90. The predicted octanol–water partition coefficient (Wildman–Crippen LogP) is 3.86. The zero-order valence-electron chi connectivity index (χ0n) is 11.9. The van der Waals surface area contributed by atoms with E-state index < -0.39 is 17.3 Å². The van der Waals surface area contributed by atoms with Crippen molar-refractivity contribution in [3.8, 4) is 0 Å². The highest BCUT2D eigenvalue weighted by molar-refractivity contribution is 6.31. The molecule has 0 saturated heterocycles. The van der Waals surface area contributed by atoms with Crippen molar-refractivity contribution in [1.29, 1.82) is 0 Å². The number of carboxylic acid groups (broad SMARTS) is 1. The van der Waals surface area contributed by atoms with E-state index in [-0.39, 0.29) is 0 Å². The van der Waals surface area contributed by atoms with Crippen LogP contribution in [-0.4, -0.2) is 17.4 Å². The molecule has 1 unspecified atom stereocenters. The summed E-state index contributed by atoms with van der Waals surface area (Å²) in [6.07, 6.45) is 7.38. The summed E-state index contributed by atoms with van der Waals surface area (Å²) in [4.78, 5) is 23.0. The summed E-state index contributed by atoms with van der Waals surface area (Å²) < 4.78 is 0. The number of aryl methyl sites for hydroxylation is 1. The summed E-state index contributed by atoms with van der Waals surface area (Å²) in [6.45, 7) is 0. The van der Waals surface area contributed by atoms with Gasteiger partial charge in [-0.15, -0.1) is 0 Å². The molecule has 0 amide bonds. The van der Waals surface area contributed by atoms with Gasteiger partial charge in [-0.3, -0.25) is 4.79 Å². The molecule has 1 aromatic rings. The number of benzene rings is 1. The average molecular weight is 307 g/mol. The molecule has 0 spiro atoms. The number of hydrogen-bond acceptors (Lipinski definition) is 2. The topological polar surface area (TPSA) is 54.4 Å². The average Bonchev–Trinajstić information content (AvgIpc) is 2.90. The third-order valence-electron chi connectivity index (χ3n) is 5.11. The van der Waals surface area contributed by atoms with Gasteiger partial charge in [0.05, 0.1) is 11.3 Å². The van der Waals surface area contributed by atoms with Crippen molar-refractivity contribution in [2.24, 2.45) is 0 Å². The second kappa shape index (κ2) is 5.45. The first kappa shape index (κ1) is 14.6. The van der Waals surface area contributed by atoms with Crippen LogP contribution in [0.25, 0.3) is 0 Å². The molecular formula is C17H19ClO3. The highest BCUT2D eigenvalue weighted by Gasteiger charge is 2.37. The van der Waals surface area contributed by atoms with Crippen molar-refractivity contribution >= 4 is 23.9 Å². The Morgan fingerprint density at radius 2 is 2.00 bits per heavy atom. The van der Waals surface area contributed by atoms with E-state index in [1.165, 1.54) is 6.42 Å². The number of aldehydes is 1. The Kier molecular flexibility index (Phi) is 3.78. The lowest BCUT2D eigenvalue weighted by molar-refractivity contribution is -0.138. The van der Waals surface area contributed by atoms with Gasteiger partial charge < -0.3 is 9.90 Å². The van der Waals surface area contributed by atoms with Crippen LogP contribution in [0.2, 0.25) is 5.02 Å². The molecule has 3 rings (SSSR count). The second-order valence-corrected chi connectivity index (χ2v) is 6.70. The van der Waals surface area contributed by atoms with Gasteiger partial charge in [0.1, 0.15) is 6.29 Å². The summed E-state index contributed by atoms with van der Waals surface area (Å²) in [5.41, 5.74) is 2.32. The minimum Gasteiger partial charge on any atom is -0.481 e. The molecule has 0 radical (unpaired) electrons. The van der Waals surface area contributed by atoms with Gasteiger partial charge in [-0.25, -0.2) is 0 Å². The molecule has 0 aromatic heterocycles. The molecule has 21 heavy (non-hydrogen) atoms. The molecule has 0 aliphatic heterocycles. The van der Waals surface area contributed by atoms with Crippen LogP contribution in [-0.2, 0) is 21.4 Å². The van der Waals surface area contributed by atoms with Crippen molar-refractivity contribution in [2.75, 3.05) is 0 Å². The molecule has 3 nitrogen and oxygen atoms in total. The third kappa shape index (κ3) is 2.38. The number of carbonyl (C=O) groups excluding carboxylic acids is 1. The highest BCUT2D eigenvalue weighted by atomic mass is 35.5. The molecule has 112 valence electrons. The van der Waals surface area contributed by atoms with E-state index in [9.17, 15) is 14.7 Å². The Bertz CT molecular complexity index is 588. The van der Waals surface area contributed by atoms with Crippen molar-refractivity contribution in [2.45, 2.75) is 56.3 Å². The normalized spacial score (nSPS) is 23.6. The van der Waals surface area contributed by atoms with E-state index in [0.29, 0.717) is 11.4 Å². The molecule has 1 fully saturated rings. The van der Waals surface area contributed by atoms with Gasteiger partial charge in [-0.1, -0.05) is 36.9 Å². The summed E-state index contributed by atoms with van der Waals surface area (Å²) in [5, 5.41) is 9.82. The van der Waals surface area contributed by atoms with Gasteiger partial charge >= 0.3 is 5.97 Å². The fourth-order valence-corrected chi connectivity index (χ4v) is 4.26. The Morgan fingerprint density at radius 1 is 1.29 bits per heavy atom. The number of carboxylic acids is 1. The van der Waals surface area contributed by atoms with E-state index in [2.05, 4.69) is 0 Å². The van der Waals surface area contributed by atoms with Crippen molar-refractivity contribution in [3.05, 3.63) is 33.8 Å². The highest BCUT2D eigenvalue weighted by Crippen LogP contribution is 2.44. The monoisotopic (exact) mass is 306 g/mol. The lowest BCUT2D eigenvalue weighted by Gasteiger charge is -2.33. The molecule has 0 heterocycles. The first-order valence-electron chi connectivity index (χ1n) is 7.59. The van der Waals surface area contributed by atoms with Crippen LogP contribution >= 0.6 is 11.6 Å². The molecule has 2 aliphatic rings. The molecule has 1 N–H and O–H groups in total. The molecule has 2 aliphatic carbocycles. The van der Waals surface area contributed by atoms with Gasteiger partial charge in [-0.2, -0.15) is 0 Å². The number of aliphatic carboxylic acids is 1. The first-order chi connectivity index (χ1) is 10.1. The lowest BCUT2D eigenvalue weighted by atomic mass is 9.70. The number of rotatable bonds is 3. The largest absolute Gasteiger partial charge is 0.481 e. The number of hydrogen-bond donors (Lipinski definition) is 1. The van der Waals surface area contributed by atoms with Crippen LogP contribution in [0.1, 0.15) is 61.1 Å². The predicted molar refractivity (Wildman–Crippen MR) is 81.0 cm³/mol. The van der Waals surface area contributed by atoms with E-state index >= 15 is 0 Å². The van der Waals surface area contributed by atoms with E-state index in [0.717, 1.165) is 55.1 Å². The molecule has 1 saturated carbocycles. The third-order valence-corrected chi connectivity index (χ3v) is 5.43. The summed E-state index contributed by atoms with van der Waals surface area (Å²) in [5.74, 6) is -1.24. The maximum absolute atomic E-state index is 11.8. The maximum Gasteiger partial charge on any atom is 0.310 e. The Morgan fingerprint density at radius 3 is 2.62 bits per heavy atom.